The minimum atomic E-state index is -4.12. The van der Waals surface area contributed by atoms with Crippen LogP contribution in [0, 0.1) is 0 Å². The van der Waals surface area contributed by atoms with E-state index in [9.17, 15) is 13.2 Å². The van der Waals surface area contributed by atoms with Crippen LogP contribution in [0.5, 0.6) is 0 Å². The monoisotopic (exact) mass is 224 g/mol. The zero-order valence-corrected chi connectivity index (χ0v) is 8.43. The highest BCUT2D eigenvalue weighted by atomic mass is 19.4. The van der Waals surface area contributed by atoms with Crippen molar-refractivity contribution in [3.8, 4) is 0 Å². The molecule has 15 heavy (non-hydrogen) atoms. The maximum Gasteiger partial charge on any atom is 0.401 e. The largest absolute Gasteiger partial charge is 0.401 e. The lowest BCUT2D eigenvalue weighted by atomic mass is 10.2. The molecule has 0 bridgehead atoms. The van der Waals surface area contributed by atoms with Crippen LogP contribution in [0.2, 0.25) is 0 Å². The lowest BCUT2D eigenvalue weighted by Gasteiger charge is -2.07. The first kappa shape index (κ1) is 14.1. The fraction of sp³-hybridized carbons (Fsp3) is 1.00. The van der Waals surface area contributed by atoms with Crippen molar-refractivity contribution in [2.75, 3.05) is 19.6 Å². The molecule has 0 aromatic rings. The highest BCUT2D eigenvalue weighted by Crippen LogP contribution is 2.12. The van der Waals surface area contributed by atoms with Crippen molar-refractivity contribution in [1.29, 1.82) is 0 Å². The Kier molecular flexibility index (Phi) is 7.85. The Morgan fingerprint density at radius 1 is 1.13 bits per heavy atom. The molecule has 0 unspecified atom stereocenters. The summed E-state index contributed by atoms with van der Waals surface area (Å²) in [6, 6.07) is 0. The van der Waals surface area contributed by atoms with Gasteiger partial charge in [-0.15, -0.1) is 0 Å². The van der Waals surface area contributed by atoms with Crippen LogP contribution in [0.4, 0.5) is 13.2 Å². The summed E-state index contributed by atoms with van der Waals surface area (Å²) in [4.78, 5) is 2.60. The van der Waals surface area contributed by atoms with Gasteiger partial charge >= 0.3 is 6.18 Å². The fourth-order valence-corrected chi connectivity index (χ4v) is 1.06. The van der Waals surface area contributed by atoms with Crippen LogP contribution in [0.25, 0.3) is 10.4 Å². The Morgan fingerprint density at radius 3 is 2.40 bits per heavy atom. The minimum absolute atomic E-state index is 0.376. The average Bonchev–Trinajstić information content (AvgIpc) is 2.14. The number of nitrogens with one attached hydrogen (secondary N) is 1. The van der Waals surface area contributed by atoms with Gasteiger partial charge in [-0.25, -0.2) is 0 Å². The second-order valence-electron chi connectivity index (χ2n) is 3.16. The van der Waals surface area contributed by atoms with E-state index in [-0.39, 0.29) is 0 Å². The third-order valence-electron chi connectivity index (χ3n) is 1.75. The molecular formula is C8H15F3N4. The van der Waals surface area contributed by atoms with Crippen LogP contribution in [0.3, 0.4) is 0 Å². The van der Waals surface area contributed by atoms with Crippen molar-refractivity contribution in [2.45, 2.75) is 31.9 Å². The van der Waals surface area contributed by atoms with Crippen molar-refractivity contribution in [3.63, 3.8) is 0 Å². The van der Waals surface area contributed by atoms with E-state index < -0.39 is 12.7 Å². The second-order valence-corrected chi connectivity index (χ2v) is 3.16. The number of alkyl halides is 3. The number of azide groups is 1. The molecule has 88 valence electrons. The molecule has 0 atom stereocenters. The van der Waals surface area contributed by atoms with Crippen LogP contribution in [0.15, 0.2) is 5.11 Å². The topological polar surface area (TPSA) is 60.8 Å². The van der Waals surface area contributed by atoms with Crippen LogP contribution in [-0.2, 0) is 0 Å². The number of unbranched alkanes of at least 4 members (excludes halogenated alkanes) is 3. The van der Waals surface area contributed by atoms with Crippen molar-refractivity contribution < 1.29 is 13.2 Å². The Bertz CT molecular complexity index is 199. The summed E-state index contributed by atoms with van der Waals surface area (Å²) in [6.07, 6.45) is -0.879. The second kappa shape index (κ2) is 8.38. The molecule has 7 heteroatoms. The van der Waals surface area contributed by atoms with E-state index in [1.165, 1.54) is 0 Å². The molecule has 4 nitrogen and oxygen atoms in total. The number of hydrogen-bond donors (Lipinski definition) is 1. The zero-order valence-electron chi connectivity index (χ0n) is 8.43. The van der Waals surface area contributed by atoms with E-state index in [0.29, 0.717) is 19.5 Å². The summed E-state index contributed by atoms with van der Waals surface area (Å²) in [7, 11) is 0. The molecule has 0 aliphatic rings. The molecule has 0 fully saturated rings. The highest BCUT2D eigenvalue weighted by Gasteiger charge is 2.25. The van der Waals surface area contributed by atoms with E-state index in [1.54, 1.807) is 0 Å². The molecule has 0 aromatic carbocycles. The third-order valence-corrected chi connectivity index (χ3v) is 1.75. The Morgan fingerprint density at radius 2 is 1.80 bits per heavy atom. The molecule has 0 saturated carbocycles. The summed E-state index contributed by atoms with van der Waals surface area (Å²) >= 11 is 0. The molecule has 0 radical (unpaired) electrons. The van der Waals surface area contributed by atoms with Gasteiger partial charge in [-0.05, 0) is 24.9 Å². The van der Waals surface area contributed by atoms with Crippen LogP contribution >= 0.6 is 0 Å². The van der Waals surface area contributed by atoms with Gasteiger partial charge in [0, 0.05) is 11.5 Å². The standard InChI is InChI=1S/C8H15F3N4/c9-8(10,11)7-13-5-3-1-2-4-6-14-15-12/h13H,1-7H2. The molecular weight excluding hydrogens is 209 g/mol. The number of nitrogens with zero attached hydrogens (tertiary/aromatic N) is 3. The van der Waals surface area contributed by atoms with Gasteiger partial charge in [-0.3, -0.25) is 0 Å². The summed E-state index contributed by atoms with van der Waals surface area (Å²) in [5, 5.41) is 5.67. The lowest BCUT2D eigenvalue weighted by molar-refractivity contribution is -0.124. The zero-order chi connectivity index (χ0) is 11.6. The molecule has 0 saturated heterocycles. The lowest BCUT2D eigenvalue weighted by Crippen LogP contribution is -2.29. The van der Waals surface area contributed by atoms with Crippen LogP contribution < -0.4 is 5.32 Å². The molecule has 0 spiro atoms. The molecule has 0 amide bonds. The first-order chi connectivity index (χ1) is 7.06. The van der Waals surface area contributed by atoms with E-state index in [2.05, 4.69) is 15.3 Å². The van der Waals surface area contributed by atoms with E-state index in [0.717, 1.165) is 19.3 Å². The van der Waals surface area contributed by atoms with Gasteiger partial charge in [0.05, 0.1) is 6.54 Å². The van der Waals surface area contributed by atoms with Crippen molar-refractivity contribution >= 4 is 0 Å². The number of halogens is 3. The Balaban J connectivity index is 3.08. The maximum absolute atomic E-state index is 11.7. The van der Waals surface area contributed by atoms with Gasteiger partial charge in [0.15, 0.2) is 0 Å². The maximum atomic E-state index is 11.7. The van der Waals surface area contributed by atoms with Gasteiger partial charge in [0.1, 0.15) is 0 Å². The van der Waals surface area contributed by atoms with Gasteiger partial charge in [0.25, 0.3) is 0 Å². The van der Waals surface area contributed by atoms with E-state index in [1.807, 2.05) is 0 Å². The van der Waals surface area contributed by atoms with Gasteiger partial charge in [-0.1, -0.05) is 18.0 Å². The minimum Gasteiger partial charge on any atom is -0.309 e. The molecule has 0 heterocycles. The quantitative estimate of drug-likeness (QED) is 0.293. The Hall–Kier alpha value is -0.940. The summed E-state index contributed by atoms with van der Waals surface area (Å²) in [5.74, 6) is 0. The number of rotatable bonds is 8. The predicted molar refractivity (Wildman–Crippen MR) is 51.4 cm³/mol. The van der Waals surface area contributed by atoms with Gasteiger partial charge in [-0.2, -0.15) is 13.2 Å². The molecule has 0 aromatic heterocycles. The summed E-state index contributed by atoms with van der Waals surface area (Å²) in [6.45, 7) is -0.0841. The first-order valence-electron chi connectivity index (χ1n) is 4.84. The SMILES string of the molecule is [N-]=[N+]=NCCCCCCNCC(F)(F)F. The van der Waals surface area contributed by atoms with Crippen molar-refractivity contribution in [1.82, 2.24) is 5.32 Å². The molecule has 0 aliphatic carbocycles. The average molecular weight is 224 g/mol. The summed E-state index contributed by atoms with van der Waals surface area (Å²) in [5.41, 5.74) is 7.96. The summed E-state index contributed by atoms with van der Waals surface area (Å²) < 4.78 is 35.0. The van der Waals surface area contributed by atoms with Gasteiger partial charge < -0.3 is 5.32 Å². The smallest absolute Gasteiger partial charge is 0.309 e. The van der Waals surface area contributed by atoms with Crippen molar-refractivity contribution in [3.05, 3.63) is 10.4 Å². The van der Waals surface area contributed by atoms with Crippen molar-refractivity contribution in [2.24, 2.45) is 5.11 Å². The number of hydrogen-bond acceptors (Lipinski definition) is 2. The van der Waals surface area contributed by atoms with Crippen LogP contribution in [-0.4, -0.2) is 25.8 Å². The van der Waals surface area contributed by atoms with E-state index >= 15 is 0 Å². The Labute approximate surface area is 86.5 Å². The highest BCUT2D eigenvalue weighted by molar-refractivity contribution is 4.56. The van der Waals surface area contributed by atoms with E-state index in [4.69, 9.17) is 5.53 Å². The third kappa shape index (κ3) is 13.1. The fourth-order valence-electron chi connectivity index (χ4n) is 1.06. The first-order valence-corrected chi connectivity index (χ1v) is 4.84. The predicted octanol–water partition coefficient (Wildman–Crippen LogP) is 3.01. The molecule has 1 N–H and O–H groups in total. The molecule has 0 rings (SSSR count). The van der Waals surface area contributed by atoms with Crippen LogP contribution in [0.1, 0.15) is 25.7 Å². The molecule has 0 aliphatic heterocycles. The normalized spacial score (nSPS) is 11.1. The van der Waals surface area contributed by atoms with Gasteiger partial charge in [0.2, 0.25) is 0 Å².